The van der Waals surface area contributed by atoms with E-state index < -0.39 is 11.6 Å². The molecule has 5 heteroatoms. The Bertz CT molecular complexity index is 922. The average molecular weight is 326 g/mol. The summed E-state index contributed by atoms with van der Waals surface area (Å²) >= 11 is 0. The zero-order valence-corrected chi connectivity index (χ0v) is 13.3. The molecule has 3 aromatic carbocycles. The topological polar surface area (TPSA) is 33.6 Å². The monoisotopic (exact) mass is 326 g/mol. The Balaban J connectivity index is 1.85. The molecule has 0 heterocycles. The van der Waals surface area contributed by atoms with Crippen LogP contribution in [0.4, 0.5) is 14.5 Å². The molecule has 3 nitrogen and oxygen atoms in total. The van der Waals surface area contributed by atoms with Crippen LogP contribution >= 0.6 is 0 Å². The van der Waals surface area contributed by atoms with Crippen molar-refractivity contribution >= 4 is 22.2 Å². The van der Waals surface area contributed by atoms with Crippen LogP contribution in [-0.2, 0) is 0 Å². The summed E-state index contributed by atoms with van der Waals surface area (Å²) in [5.74, 6) is -0.505. The summed E-state index contributed by atoms with van der Waals surface area (Å²) in [4.78, 5) is 0. The lowest BCUT2D eigenvalue weighted by Crippen LogP contribution is -2.01. The van der Waals surface area contributed by atoms with Crippen molar-refractivity contribution in [3.63, 3.8) is 0 Å². The molecule has 0 aliphatic rings. The van der Waals surface area contributed by atoms with Gasteiger partial charge in [-0.3, -0.25) is 5.43 Å². The highest BCUT2D eigenvalue weighted by molar-refractivity contribution is 6.02. The first kappa shape index (κ1) is 15.9. The minimum absolute atomic E-state index is 0.126. The van der Waals surface area contributed by atoms with Gasteiger partial charge < -0.3 is 4.74 Å². The maximum atomic E-state index is 13.6. The Labute approximate surface area is 138 Å². The number of anilines is 1. The number of rotatable bonds is 4. The van der Waals surface area contributed by atoms with Gasteiger partial charge in [0.2, 0.25) is 0 Å². The van der Waals surface area contributed by atoms with Crippen LogP contribution in [0.3, 0.4) is 0 Å². The molecule has 0 radical (unpaired) electrons. The Morgan fingerprint density at radius 1 is 0.958 bits per heavy atom. The number of nitrogens with one attached hydrogen (secondary N) is 1. The first-order chi connectivity index (χ1) is 11.6. The van der Waals surface area contributed by atoms with Crippen LogP contribution in [0, 0.1) is 11.6 Å². The van der Waals surface area contributed by atoms with E-state index in [9.17, 15) is 8.78 Å². The van der Waals surface area contributed by atoms with Gasteiger partial charge in [-0.15, -0.1) is 0 Å². The number of hydrazone groups is 1. The number of fused-ring (bicyclic) bond motifs is 1. The van der Waals surface area contributed by atoms with Gasteiger partial charge in [0.15, 0.2) is 5.82 Å². The molecule has 3 rings (SSSR count). The van der Waals surface area contributed by atoms with Gasteiger partial charge in [0.25, 0.3) is 0 Å². The van der Waals surface area contributed by atoms with Crippen molar-refractivity contribution < 1.29 is 13.5 Å². The molecule has 0 saturated carbocycles. The molecule has 0 aromatic heterocycles. The normalized spacial score (nSPS) is 11.6. The summed E-state index contributed by atoms with van der Waals surface area (Å²) in [6.07, 6.45) is 0. The van der Waals surface area contributed by atoms with Crippen LogP contribution in [0.1, 0.15) is 12.5 Å². The zero-order chi connectivity index (χ0) is 17.1. The maximum Gasteiger partial charge on any atom is 0.151 e. The Morgan fingerprint density at radius 2 is 1.71 bits per heavy atom. The highest BCUT2D eigenvalue weighted by atomic mass is 19.1. The van der Waals surface area contributed by atoms with Crippen molar-refractivity contribution in [2.24, 2.45) is 5.10 Å². The molecule has 0 aliphatic carbocycles. The number of halogens is 2. The first-order valence-corrected chi connectivity index (χ1v) is 7.40. The highest BCUT2D eigenvalue weighted by Gasteiger charge is 2.04. The summed E-state index contributed by atoms with van der Waals surface area (Å²) in [6.45, 7) is 1.82. The van der Waals surface area contributed by atoms with E-state index in [0.717, 1.165) is 28.2 Å². The summed E-state index contributed by atoms with van der Waals surface area (Å²) in [6, 6.07) is 15.0. The molecular formula is C19H16F2N2O. The fourth-order valence-electron chi connectivity index (χ4n) is 2.36. The van der Waals surface area contributed by atoms with Crippen molar-refractivity contribution in [3.05, 3.63) is 71.8 Å². The SMILES string of the molecule is COc1ccc2cc(C(C)=NNc3ccc(F)cc3F)ccc2c1. The number of benzene rings is 3. The lowest BCUT2D eigenvalue weighted by molar-refractivity contribution is 0.415. The van der Waals surface area contributed by atoms with E-state index in [1.54, 1.807) is 7.11 Å². The molecule has 0 spiro atoms. The summed E-state index contributed by atoms with van der Waals surface area (Å²) in [5, 5.41) is 6.29. The van der Waals surface area contributed by atoms with Gasteiger partial charge in [0, 0.05) is 6.07 Å². The second-order valence-corrected chi connectivity index (χ2v) is 5.36. The number of hydrogen-bond donors (Lipinski definition) is 1. The first-order valence-electron chi connectivity index (χ1n) is 7.40. The minimum Gasteiger partial charge on any atom is -0.497 e. The zero-order valence-electron chi connectivity index (χ0n) is 13.3. The summed E-state index contributed by atoms with van der Waals surface area (Å²) in [7, 11) is 1.63. The molecule has 0 fully saturated rings. The van der Waals surface area contributed by atoms with Crippen molar-refractivity contribution in [1.82, 2.24) is 0 Å². The summed E-state index contributed by atoms with van der Waals surface area (Å²) in [5.41, 5.74) is 4.35. The molecule has 3 aromatic rings. The quantitative estimate of drug-likeness (QED) is 0.543. The van der Waals surface area contributed by atoms with Crippen LogP contribution in [-0.4, -0.2) is 12.8 Å². The van der Waals surface area contributed by atoms with E-state index in [-0.39, 0.29) is 5.69 Å². The third-order valence-corrected chi connectivity index (χ3v) is 3.74. The molecule has 0 unspecified atom stereocenters. The van der Waals surface area contributed by atoms with Gasteiger partial charge >= 0.3 is 0 Å². The van der Waals surface area contributed by atoms with E-state index in [4.69, 9.17) is 4.74 Å². The molecule has 0 bridgehead atoms. The molecule has 0 amide bonds. The largest absolute Gasteiger partial charge is 0.497 e. The fourth-order valence-corrected chi connectivity index (χ4v) is 2.36. The Hall–Kier alpha value is -2.95. The molecule has 0 saturated heterocycles. The van der Waals surface area contributed by atoms with Gasteiger partial charge in [0.1, 0.15) is 11.6 Å². The van der Waals surface area contributed by atoms with E-state index in [0.29, 0.717) is 5.71 Å². The van der Waals surface area contributed by atoms with Crippen molar-refractivity contribution in [1.29, 1.82) is 0 Å². The number of hydrogen-bond acceptors (Lipinski definition) is 3. The predicted octanol–water partition coefficient (Wildman–Crippen LogP) is 4.96. The average Bonchev–Trinajstić information content (AvgIpc) is 2.59. The third kappa shape index (κ3) is 3.35. The molecule has 0 atom stereocenters. The molecule has 0 aliphatic heterocycles. The van der Waals surface area contributed by atoms with E-state index in [1.165, 1.54) is 12.1 Å². The summed E-state index contributed by atoms with van der Waals surface area (Å²) < 4.78 is 31.7. The van der Waals surface area contributed by atoms with Gasteiger partial charge in [-0.25, -0.2) is 8.78 Å². The lowest BCUT2D eigenvalue weighted by atomic mass is 10.0. The van der Waals surface area contributed by atoms with E-state index >= 15 is 0 Å². The van der Waals surface area contributed by atoms with Crippen LogP contribution in [0.15, 0.2) is 59.7 Å². The molecular weight excluding hydrogens is 310 g/mol. The van der Waals surface area contributed by atoms with Crippen molar-refractivity contribution in [2.45, 2.75) is 6.92 Å². The van der Waals surface area contributed by atoms with Gasteiger partial charge in [-0.05, 0) is 53.6 Å². The molecule has 122 valence electrons. The lowest BCUT2D eigenvalue weighted by Gasteiger charge is -2.07. The maximum absolute atomic E-state index is 13.6. The van der Waals surface area contributed by atoms with Crippen LogP contribution in [0.25, 0.3) is 10.8 Å². The number of methoxy groups -OCH3 is 1. The smallest absolute Gasteiger partial charge is 0.151 e. The Morgan fingerprint density at radius 3 is 2.46 bits per heavy atom. The standard InChI is InChI=1S/C19H16F2N2O/c1-12(22-23-19-8-6-16(20)11-18(19)21)13-3-4-15-10-17(24-2)7-5-14(15)9-13/h3-11,23H,1-2H3. The van der Waals surface area contributed by atoms with Crippen LogP contribution in [0.5, 0.6) is 5.75 Å². The Kier molecular flexibility index (Phi) is 4.42. The number of nitrogens with zero attached hydrogens (tertiary/aromatic N) is 1. The second-order valence-electron chi connectivity index (χ2n) is 5.36. The van der Waals surface area contributed by atoms with Crippen molar-refractivity contribution in [2.75, 3.05) is 12.5 Å². The predicted molar refractivity (Wildman–Crippen MR) is 92.7 cm³/mol. The van der Waals surface area contributed by atoms with Gasteiger partial charge in [0.05, 0.1) is 18.5 Å². The third-order valence-electron chi connectivity index (χ3n) is 3.74. The van der Waals surface area contributed by atoms with E-state index in [2.05, 4.69) is 10.5 Å². The van der Waals surface area contributed by atoms with Gasteiger partial charge in [-0.1, -0.05) is 18.2 Å². The van der Waals surface area contributed by atoms with Crippen molar-refractivity contribution in [3.8, 4) is 5.75 Å². The van der Waals surface area contributed by atoms with E-state index in [1.807, 2.05) is 43.3 Å². The van der Waals surface area contributed by atoms with Gasteiger partial charge in [-0.2, -0.15) is 5.10 Å². The minimum atomic E-state index is -0.683. The number of ether oxygens (including phenoxy) is 1. The molecule has 24 heavy (non-hydrogen) atoms. The molecule has 1 N–H and O–H groups in total. The van der Waals surface area contributed by atoms with Crippen LogP contribution in [0.2, 0.25) is 0 Å². The van der Waals surface area contributed by atoms with Crippen LogP contribution < -0.4 is 10.2 Å². The highest BCUT2D eigenvalue weighted by Crippen LogP contribution is 2.22. The second kappa shape index (κ2) is 6.66. The fraction of sp³-hybridized carbons (Fsp3) is 0.105.